The van der Waals surface area contributed by atoms with Crippen molar-refractivity contribution in [2.75, 3.05) is 0 Å². The highest BCUT2D eigenvalue weighted by molar-refractivity contribution is 9.11. The lowest BCUT2D eigenvalue weighted by Gasteiger charge is -2.06. The summed E-state index contributed by atoms with van der Waals surface area (Å²) in [5.74, 6) is 0.129. The molecular formula is C11H7BrClFOS. The number of halogens is 3. The number of benzene rings is 1. The summed E-state index contributed by atoms with van der Waals surface area (Å²) < 4.78 is 19.3. The Morgan fingerprint density at radius 2 is 2.12 bits per heavy atom. The van der Waals surface area contributed by atoms with Crippen LogP contribution in [0.5, 0.6) is 5.75 Å². The molecule has 0 saturated carbocycles. The van der Waals surface area contributed by atoms with Crippen LogP contribution in [0.25, 0.3) is 0 Å². The highest BCUT2D eigenvalue weighted by atomic mass is 79.9. The van der Waals surface area contributed by atoms with Crippen LogP contribution < -0.4 is 4.74 Å². The van der Waals surface area contributed by atoms with Crippen molar-refractivity contribution in [2.24, 2.45) is 0 Å². The van der Waals surface area contributed by atoms with E-state index >= 15 is 0 Å². The Morgan fingerprint density at radius 1 is 1.31 bits per heavy atom. The van der Waals surface area contributed by atoms with E-state index in [4.69, 9.17) is 16.3 Å². The molecule has 0 aliphatic rings. The van der Waals surface area contributed by atoms with Gasteiger partial charge in [-0.15, -0.1) is 11.3 Å². The summed E-state index contributed by atoms with van der Waals surface area (Å²) in [4.78, 5) is 1.08. The second-order valence-corrected chi connectivity index (χ2v) is 6.02. The van der Waals surface area contributed by atoms with E-state index in [2.05, 4.69) is 15.9 Å². The first-order valence-electron chi connectivity index (χ1n) is 4.47. The zero-order valence-electron chi connectivity index (χ0n) is 8.04. The van der Waals surface area contributed by atoms with Crippen LogP contribution in [0.4, 0.5) is 4.39 Å². The first-order chi connectivity index (χ1) is 7.65. The van der Waals surface area contributed by atoms with Gasteiger partial charge in [0, 0.05) is 4.88 Å². The summed E-state index contributed by atoms with van der Waals surface area (Å²) in [6.07, 6.45) is 0. The molecule has 0 aliphatic carbocycles. The number of thiophene rings is 1. The van der Waals surface area contributed by atoms with Gasteiger partial charge in [-0.3, -0.25) is 0 Å². The molecule has 1 aromatic carbocycles. The van der Waals surface area contributed by atoms with Gasteiger partial charge >= 0.3 is 0 Å². The molecule has 0 saturated heterocycles. The zero-order valence-corrected chi connectivity index (χ0v) is 11.2. The van der Waals surface area contributed by atoms with Crippen LogP contribution in [-0.2, 0) is 6.61 Å². The third-order valence-corrected chi connectivity index (χ3v) is 3.79. The zero-order chi connectivity index (χ0) is 11.5. The molecule has 1 aromatic heterocycles. The molecule has 84 valence electrons. The summed E-state index contributed by atoms with van der Waals surface area (Å²) >= 11 is 10.8. The van der Waals surface area contributed by atoms with Gasteiger partial charge in [0.15, 0.2) is 0 Å². The van der Waals surface area contributed by atoms with E-state index in [1.54, 1.807) is 11.3 Å². The van der Waals surface area contributed by atoms with Crippen LogP contribution in [0, 0.1) is 5.82 Å². The summed E-state index contributed by atoms with van der Waals surface area (Å²) in [5.41, 5.74) is 0. The molecule has 5 heteroatoms. The summed E-state index contributed by atoms with van der Waals surface area (Å²) in [5, 5.41) is 0.288. The highest BCUT2D eigenvalue weighted by Gasteiger charge is 2.04. The molecule has 2 rings (SSSR count). The van der Waals surface area contributed by atoms with Crippen molar-refractivity contribution in [3.05, 3.63) is 49.8 Å². The lowest BCUT2D eigenvalue weighted by atomic mass is 10.3. The first-order valence-corrected chi connectivity index (χ1v) is 6.46. The molecule has 0 N–H and O–H groups in total. The average Bonchev–Trinajstić information content (AvgIpc) is 2.63. The molecule has 1 heterocycles. The van der Waals surface area contributed by atoms with Crippen molar-refractivity contribution in [3.8, 4) is 5.75 Å². The second-order valence-electron chi connectivity index (χ2n) is 3.07. The summed E-state index contributed by atoms with van der Waals surface area (Å²) in [6.45, 7) is 0.432. The van der Waals surface area contributed by atoms with Crippen molar-refractivity contribution >= 4 is 38.9 Å². The molecule has 0 fully saturated rings. The maximum atomic E-state index is 12.8. The first kappa shape index (κ1) is 11.9. The number of hydrogen-bond donors (Lipinski definition) is 0. The molecule has 0 atom stereocenters. The van der Waals surface area contributed by atoms with E-state index in [-0.39, 0.29) is 10.8 Å². The molecule has 0 aliphatic heterocycles. The molecule has 0 amide bonds. The molecule has 0 radical (unpaired) electrons. The van der Waals surface area contributed by atoms with Crippen LogP contribution in [0.15, 0.2) is 34.1 Å². The van der Waals surface area contributed by atoms with E-state index in [1.807, 2.05) is 12.1 Å². The Balaban J connectivity index is 2.04. The van der Waals surface area contributed by atoms with Crippen LogP contribution >= 0.6 is 38.9 Å². The van der Waals surface area contributed by atoms with E-state index in [9.17, 15) is 4.39 Å². The largest absolute Gasteiger partial charge is 0.487 e. The van der Waals surface area contributed by atoms with Crippen molar-refractivity contribution < 1.29 is 9.13 Å². The van der Waals surface area contributed by atoms with Crippen molar-refractivity contribution in [2.45, 2.75) is 6.61 Å². The average molecular weight is 322 g/mol. The number of hydrogen-bond acceptors (Lipinski definition) is 2. The topological polar surface area (TPSA) is 9.23 Å². The number of rotatable bonds is 3. The maximum absolute atomic E-state index is 12.8. The Labute approximate surface area is 110 Å². The fourth-order valence-corrected chi connectivity index (χ4v) is 2.79. The monoisotopic (exact) mass is 320 g/mol. The van der Waals surface area contributed by atoms with Crippen LogP contribution in [-0.4, -0.2) is 0 Å². The second kappa shape index (κ2) is 5.17. The quantitative estimate of drug-likeness (QED) is 0.782. The highest BCUT2D eigenvalue weighted by Crippen LogP contribution is 2.27. The minimum Gasteiger partial charge on any atom is -0.487 e. The van der Waals surface area contributed by atoms with Gasteiger partial charge < -0.3 is 4.74 Å². The predicted octanol–water partition coefficient (Wildman–Crippen LogP) is 4.88. The molecular weight excluding hydrogens is 315 g/mol. The van der Waals surface area contributed by atoms with Gasteiger partial charge in [-0.05, 0) is 46.3 Å². The molecule has 0 bridgehead atoms. The molecule has 2 aromatic rings. The molecule has 0 spiro atoms. The minimum absolute atomic E-state index is 0.288. The van der Waals surface area contributed by atoms with E-state index in [0.717, 1.165) is 8.66 Å². The van der Waals surface area contributed by atoms with Gasteiger partial charge in [0.25, 0.3) is 0 Å². The van der Waals surface area contributed by atoms with Gasteiger partial charge in [-0.25, -0.2) is 4.39 Å². The van der Waals surface area contributed by atoms with Crippen molar-refractivity contribution in [1.82, 2.24) is 0 Å². The predicted molar refractivity (Wildman–Crippen MR) is 67.8 cm³/mol. The standard InChI is InChI=1S/C11H7BrClFOS/c12-11-4-2-8(16-11)6-15-10-3-1-7(14)5-9(10)13/h1-5H,6H2. The fourth-order valence-electron chi connectivity index (χ4n) is 1.17. The van der Waals surface area contributed by atoms with Gasteiger partial charge in [0.05, 0.1) is 8.81 Å². The summed E-state index contributed by atoms with van der Waals surface area (Å²) in [6, 6.07) is 8.01. The van der Waals surface area contributed by atoms with Crippen LogP contribution in [0.2, 0.25) is 5.02 Å². The van der Waals surface area contributed by atoms with Crippen molar-refractivity contribution in [1.29, 1.82) is 0 Å². The molecule has 16 heavy (non-hydrogen) atoms. The van der Waals surface area contributed by atoms with Crippen LogP contribution in [0.1, 0.15) is 4.88 Å². The number of ether oxygens (including phenoxy) is 1. The lowest BCUT2D eigenvalue weighted by molar-refractivity contribution is 0.309. The maximum Gasteiger partial charge on any atom is 0.138 e. The Morgan fingerprint density at radius 3 is 2.75 bits per heavy atom. The van der Waals surface area contributed by atoms with E-state index in [0.29, 0.717) is 12.4 Å². The summed E-state index contributed by atoms with van der Waals surface area (Å²) in [7, 11) is 0. The van der Waals surface area contributed by atoms with E-state index in [1.165, 1.54) is 18.2 Å². The Bertz CT molecular complexity index is 500. The third kappa shape index (κ3) is 2.97. The van der Waals surface area contributed by atoms with Gasteiger partial charge in [0.2, 0.25) is 0 Å². The SMILES string of the molecule is Fc1ccc(OCc2ccc(Br)s2)c(Cl)c1. The lowest BCUT2D eigenvalue weighted by Crippen LogP contribution is -1.93. The minimum atomic E-state index is -0.365. The van der Waals surface area contributed by atoms with Gasteiger partial charge in [-0.1, -0.05) is 11.6 Å². The van der Waals surface area contributed by atoms with Crippen LogP contribution in [0.3, 0.4) is 0 Å². The van der Waals surface area contributed by atoms with Gasteiger partial charge in [0.1, 0.15) is 18.2 Å². The third-order valence-electron chi connectivity index (χ3n) is 1.89. The normalized spacial score (nSPS) is 10.4. The fraction of sp³-hybridized carbons (Fsp3) is 0.0909. The molecule has 1 nitrogen and oxygen atoms in total. The Hall–Kier alpha value is -0.580. The molecule has 0 unspecified atom stereocenters. The van der Waals surface area contributed by atoms with Gasteiger partial charge in [-0.2, -0.15) is 0 Å². The van der Waals surface area contributed by atoms with E-state index < -0.39 is 0 Å². The smallest absolute Gasteiger partial charge is 0.138 e. The Kier molecular flexibility index (Phi) is 3.84. The van der Waals surface area contributed by atoms with Crippen molar-refractivity contribution in [3.63, 3.8) is 0 Å².